The Morgan fingerprint density at radius 2 is 1.33 bits per heavy atom. The molecule has 0 bridgehead atoms. The van der Waals surface area contributed by atoms with E-state index in [0.29, 0.717) is 15.4 Å². The third-order valence-corrected chi connectivity index (χ3v) is 12.5. The van der Waals surface area contributed by atoms with Gasteiger partial charge in [-0.3, -0.25) is 24.1 Å². The van der Waals surface area contributed by atoms with Crippen LogP contribution in [0.4, 0.5) is 33.3 Å². The molecule has 4 aromatic rings. The number of hydrogen-bond acceptors (Lipinski definition) is 5. The number of phenolic OH excluding ortho intramolecular Hbond substituents is 1. The number of allylic oxidation sites excluding steroid dienone is 2. The molecular formula is C36H20BrCl2F5N2O5. The lowest BCUT2D eigenvalue weighted by Gasteiger charge is -2.51. The summed E-state index contributed by atoms with van der Waals surface area (Å²) in [4.78, 5) is 52.5. The number of imide groups is 2. The summed E-state index contributed by atoms with van der Waals surface area (Å²) in [5, 5.41) is 11.3. The number of phenols is 1. The van der Waals surface area contributed by atoms with Gasteiger partial charge in [-0.25, -0.2) is 26.9 Å². The van der Waals surface area contributed by atoms with Crippen LogP contribution < -0.4 is 9.80 Å². The molecule has 2 saturated heterocycles. The fourth-order valence-electron chi connectivity index (χ4n) is 8.32. The van der Waals surface area contributed by atoms with Crippen LogP contribution in [0.15, 0.2) is 76.8 Å². The summed E-state index contributed by atoms with van der Waals surface area (Å²) in [5.41, 5.74) is -1.07. The summed E-state index contributed by atoms with van der Waals surface area (Å²) in [6.45, 7) is 0. The van der Waals surface area contributed by atoms with Gasteiger partial charge in [0.1, 0.15) is 11.4 Å². The van der Waals surface area contributed by atoms with E-state index < -0.39 is 98.2 Å². The number of alkyl halides is 2. The van der Waals surface area contributed by atoms with Gasteiger partial charge in [0.05, 0.1) is 17.5 Å². The molecular weight excluding hydrogens is 786 g/mol. The number of aromatic hydroxyl groups is 1. The van der Waals surface area contributed by atoms with Crippen LogP contribution in [0.1, 0.15) is 24.3 Å². The van der Waals surface area contributed by atoms with Gasteiger partial charge in [-0.2, -0.15) is 0 Å². The second-order valence-electron chi connectivity index (χ2n) is 12.9. The number of hydrogen-bond donors (Lipinski definition) is 1. The van der Waals surface area contributed by atoms with Crippen molar-refractivity contribution in [2.45, 2.75) is 28.5 Å². The van der Waals surface area contributed by atoms with Crippen LogP contribution >= 0.6 is 39.1 Å². The van der Waals surface area contributed by atoms with Gasteiger partial charge in [-0.15, -0.1) is 23.2 Å². The molecule has 7 nitrogen and oxygen atoms in total. The number of amides is 4. The number of rotatable bonds is 3. The first-order valence-electron chi connectivity index (χ1n) is 15.5. The molecule has 1 saturated carbocycles. The summed E-state index contributed by atoms with van der Waals surface area (Å²) in [5.74, 6) is -21.4. The van der Waals surface area contributed by atoms with Crippen molar-refractivity contribution < 1.29 is 46.2 Å². The van der Waals surface area contributed by atoms with Crippen LogP contribution in [0.25, 0.3) is 10.8 Å². The highest BCUT2D eigenvalue weighted by Gasteiger charge is 2.77. The van der Waals surface area contributed by atoms with Crippen LogP contribution in [0.5, 0.6) is 5.75 Å². The normalized spacial score (nSPS) is 28.7. The number of nitrogens with zero attached hydrogens (tertiary/aromatic N) is 2. The summed E-state index contributed by atoms with van der Waals surface area (Å²) in [6, 6.07) is 15.5. The molecule has 2 aliphatic carbocycles. The number of carbonyl (C=O) groups is 4. The minimum Gasteiger partial charge on any atom is -0.507 e. The van der Waals surface area contributed by atoms with Crippen LogP contribution in [-0.2, 0) is 19.2 Å². The van der Waals surface area contributed by atoms with E-state index in [2.05, 4.69) is 15.9 Å². The van der Waals surface area contributed by atoms with Crippen LogP contribution in [0.3, 0.4) is 0 Å². The van der Waals surface area contributed by atoms with Gasteiger partial charge in [-0.05, 0) is 60.0 Å². The van der Waals surface area contributed by atoms with E-state index in [-0.39, 0.29) is 33.7 Å². The minimum absolute atomic E-state index is 0.00758. The third kappa shape index (κ3) is 4.28. The standard InChI is InChI=1S/C36H20BrCl2F5N2O5/c37-14-5-7-15(8-6-14)45-31(48)20-10-9-19-21(23(20)32(45)49)13-35(38)33(50)46(30-28(43)26(41)25(40)27(42)29(30)44)34(51)36(35,39)24(19)18-11-12-22(47)17-4-2-1-3-16(17)18/h1-9,11-12,20-21,23-24,47H,10,13H2. The van der Waals surface area contributed by atoms with E-state index in [9.17, 15) is 37.5 Å². The first-order chi connectivity index (χ1) is 24.1. The lowest BCUT2D eigenvalue weighted by molar-refractivity contribution is -0.125. The summed E-state index contributed by atoms with van der Waals surface area (Å²) in [6.07, 6.45) is 0.988. The highest BCUT2D eigenvalue weighted by molar-refractivity contribution is 9.10. The van der Waals surface area contributed by atoms with E-state index in [0.717, 1.165) is 4.90 Å². The second kappa shape index (κ2) is 11.3. The molecule has 51 heavy (non-hydrogen) atoms. The molecule has 2 aliphatic heterocycles. The molecule has 6 atom stereocenters. The predicted molar refractivity (Wildman–Crippen MR) is 179 cm³/mol. The van der Waals surface area contributed by atoms with Gasteiger partial charge < -0.3 is 5.11 Å². The number of anilines is 2. The predicted octanol–water partition coefficient (Wildman–Crippen LogP) is 7.77. The Hall–Kier alpha value is -4.33. The molecule has 0 aromatic heterocycles. The molecule has 0 radical (unpaired) electrons. The highest BCUT2D eigenvalue weighted by Crippen LogP contribution is 2.66. The maximum Gasteiger partial charge on any atom is 0.258 e. The summed E-state index contributed by atoms with van der Waals surface area (Å²) < 4.78 is 74.4. The molecule has 2 heterocycles. The average Bonchev–Trinajstić information content (AvgIpc) is 3.45. The Morgan fingerprint density at radius 1 is 0.725 bits per heavy atom. The Morgan fingerprint density at radius 3 is 1.98 bits per heavy atom. The summed E-state index contributed by atoms with van der Waals surface area (Å²) >= 11 is 17.8. The van der Waals surface area contributed by atoms with Gasteiger partial charge >= 0.3 is 0 Å². The zero-order chi connectivity index (χ0) is 36.5. The topological polar surface area (TPSA) is 95.0 Å². The Balaban J connectivity index is 1.37. The Kier molecular flexibility index (Phi) is 7.51. The van der Waals surface area contributed by atoms with Gasteiger partial charge in [0.15, 0.2) is 33.0 Å². The van der Waals surface area contributed by atoms with Crippen LogP contribution in [0.2, 0.25) is 0 Å². The summed E-state index contributed by atoms with van der Waals surface area (Å²) in [7, 11) is 0. The fourth-order valence-corrected chi connectivity index (χ4v) is 9.51. The molecule has 6 unspecified atom stereocenters. The van der Waals surface area contributed by atoms with Crippen molar-refractivity contribution >= 4 is 84.9 Å². The Labute approximate surface area is 303 Å². The maximum atomic E-state index is 15.3. The monoisotopic (exact) mass is 804 g/mol. The van der Waals surface area contributed by atoms with Crippen molar-refractivity contribution in [3.8, 4) is 5.75 Å². The van der Waals surface area contributed by atoms with Gasteiger partial charge in [0.2, 0.25) is 17.6 Å². The molecule has 260 valence electrons. The van der Waals surface area contributed by atoms with Crippen molar-refractivity contribution in [3.05, 3.63) is 111 Å². The smallest absolute Gasteiger partial charge is 0.258 e. The molecule has 4 amide bonds. The molecule has 3 fully saturated rings. The van der Waals surface area contributed by atoms with Gasteiger partial charge in [0.25, 0.3) is 11.8 Å². The zero-order valence-corrected chi connectivity index (χ0v) is 28.7. The van der Waals surface area contributed by atoms with E-state index in [1.807, 2.05) is 0 Å². The van der Waals surface area contributed by atoms with Crippen molar-refractivity contribution in [3.63, 3.8) is 0 Å². The fraction of sp³-hybridized carbons (Fsp3) is 0.222. The number of fused-ring (bicyclic) bond motifs is 5. The molecule has 15 heteroatoms. The number of carbonyl (C=O) groups excluding carboxylic acids is 4. The van der Waals surface area contributed by atoms with E-state index in [1.54, 1.807) is 54.6 Å². The minimum atomic E-state index is -2.68. The molecule has 4 aromatic carbocycles. The molecule has 0 spiro atoms. The quantitative estimate of drug-likeness (QED) is 0.0571. The average molecular weight is 806 g/mol. The maximum absolute atomic E-state index is 15.3. The lowest BCUT2D eigenvalue weighted by atomic mass is 9.56. The second-order valence-corrected chi connectivity index (χ2v) is 15.1. The van der Waals surface area contributed by atoms with Gasteiger partial charge in [0, 0.05) is 15.8 Å². The SMILES string of the molecule is O=C1C2CC=C3C(CC4(Cl)C(=O)N(c5c(F)c(F)c(F)c(F)c5F)C(=O)C4(Cl)C3c3ccc(O)c4ccccc34)C2C(=O)N1c1ccc(Br)cc1. The third-order valence-electron chi connectivity index (χ3n) is 10.6. The van der Waals surface area contributed by atoms with Crippen molar-refractivity contribution in [2.24, 2.45) is 17.8 Å². The molecule has 8 rings (SSSR count). The Bertz CT molecular complexity index is 2300. The van der Waals surface area contributed by atoms with Crippen LogP contribution in [0, 0.1) is 46.8 Å². The first-order valence-corrected chi connectivity index (χ1v) is 17.0. The van der Waals surface area contributed by atoms with Crippen molar-refractivity contribution in [2.75, 3.05) is 9.80 Å². The van der Waals surface area contributed by atoms with Crippen molar-refractivity contribution in [1.29, 1.82) is 0 Å². The first kappa shape index (κ1) is 33.8. The molecule has 1 N–H and O–H groups in total. The number of benzene rings is 4. The highest BCUT2D eigenvalue weighted by atomic mass is 79.9. The molecule has 4 aliphatic rings. The van der Waals surface area contributed by atoms with Gasteiger partial charge in [-0.1, -0.05) is 57.9 Å². The lowest BCUT2D eigenvalue weighted by Crippen LogP contribution is -2.60. The largest absolute Gasteiger partial charge is 0.507 e. The number of halogens is 8. The van der Waals surface area contributed by atoms with E-state index in [1.165, 1.54) is 12.1 Å². The van der Waals surface area contributed by atoms with Crippen molar-refractivity contribution in [1.82, 2.24) is 0 Å². The van der Waals surface area contributed by atoms with E-state index >= 15 is 8.78 Å². The van der Waals surface area contributed by atoms with Crippen LogP contribution in [-0.4, -0.2) is 38.5 Å². The van der Waals surface area contributed by atoms with E-state index in [4.69, 9.17) is 23.2 Å². The zero-order valence-electron chi connectivity index (χ0n) is 25.6.